The van der Waals surface area contributed by atoms with E-state index in [1.54, 1.807) is 6.07 Å². The van der Waals surface area contributed by atoms with Gasteiger partial charge in [0, 0.05) is 5.69 Å². The Morgan fingerprint density at radius 1 is 0.955 bits per heavy atom. The zero-order chi connectivity index (χ0) is 15.9. The summed E-state index contributed by atoms with van der Waals surface area (Å²) in [7, 11) is 0. The van der Waals surface area contributed by atoms with Crippen LogP contribution in [0, 0.1) is 11.6 Å². The van der Waals surface area contributed by atoms with E-state index in [-0.39, 0.29) is 5.69 Å². The van der Waals surface area contributed by atoms with Crippen molar-refractivity contribution in [1.29, 1.82) is 0 Å². The average molecular weight is 303 g/mol. The summed E-state index contributed by atoms with van der Waals surface area (Å²) in [5.74, 6) is -2.86. The Bertz CT molecular complexity index is 715. The van der Waals surface area contributed by atoms with Crippen molar-refractivity contribution in [2.45, 2.75) is 0 Å². The molecule has 0 radical (unpaired) electrons. The van der Waals surface area contributed by atoms with E-state index < -0.39 is 23.4 Å². The number of benzene rings is 2. The number of carbonyl (C=O) groups excluding carboxylic acids is 2. The van der Waals surface area contributed by atoms with Crippen molar-refractivity contribution in [3.63, 3.8) is 0 Å². The molecule has 22 heavy (non-hydrogen) atoms. The Morgan fingerprint density at radius 3 is 2.36 bits per heavy atom. The molecule has 0 saturated heterocycles. The molecule has 0 atom stereocenters. The van der Waals surface area contributed by atoms with Gasteiger partial charge in [0.25, 0.3) is 0 Å². The average Bonchev–Trinajstić information content (AvgIpc) is 2.49. The molecule has 0 aliphatic carbocycles. The van der Waals surface area contributed by atoms with E-state index in [2.05, 4.69) is 10.4 Å². The van der Waals surface area contributed by atoms with Gasteiger partial charge in [0.1, 0.15) is 11.6 Å². The quantitative estimate of drug-likeness (QED) is 0.517. The molecular weight excluding hydrogens is 292 g/mol. The number of hydrazone groups is 1. The van der Waals surface area contributed by atoms with E-state index in [4.69, 9.17) is 0 Å². The number of rotatable bonds is 3. The lowest BCUT2D eigenvalue weighted by molar-refractivity contribution is -0.136. The van der Waals surface area contributed by atoms with Crippen LogP contribution >= 0.6 is 0 Å². The van der Waals surface area contributed by atoms with Crippen LogP contribution in [-0.2, 0) is 9.59 Å². The van der Waals surface area contributed by atoms with E-state index in [0.717, 1.165) is 12.1 Å². The second-order valence-electron chi connectivity index (χ2n) is 4.22. The molecule has 2 amide bonds. The first kappa shape index (κ1) is 15.3. The Balaban J connectivity index is 1.89. The van der Waals surface area contributed by atoms with Crippen LogP contribution in [0.1, 0.15) is 5.56 Å². The second-order valence-corrected chi connectivity index (χ2v) is 4.22. The highest BCUT2D eigenvalue weighted by molar-refractivity contribution is 6.39. The van der Waals surface area contributed by atoms with Gasteiger partial charge in [0.15, 0.2) is 0 Å². The van der Waals surface area contributed by atoms with Crippen LogP contribution in [0.25, 0.3) is 0 Å². The number of anilines is 1. The first-order valence-corrected chi connectivity index (χ1v) is 6.20. The molecule has 2 aromatic rings. The molecule has 2 rings (SSSR count). The van der Waals surface area contributed by atoms with Crippen molar-refractivity contribution < 1.29 is 18.4 Å². The number of hydrogen-bond donors (Lipinski definition) is 2. The van der Waals surface area contributed by atoms with Crippen LogP contribution in [0.5, 0.6) is 0 Å². The van der Waals surface area contributed by atoms with Gasteiger partial charge in [-0.05, 0) is 42.0 Å². The summed E-state index contributed by atoms with van der Waals surface area (Å²) >= 11 is 0. The minimum Gasteiger partial charge on any atom is -0.318 e. The van der Waals surface area contributed by atoms with Gasteiger partial charge in [-0.1, -0.05) is 12.1 Å². The maximum atomic E-state index is 12.9. The van der Waals surface area contributed by atoms with Gasteiger partial charge in [-0.25, -0.2) is 14.2 Å². The normalized spacial score (nSPS) is 10.5. The lowest BCUT2D eigenvalue weighted by atomic mass is 10.2. The third-order valence-electron chi connectivity index (χ3n) is 2.54. The van der Waals surface area contributed by atoms with E-state index in [1.165, 1.54) is 36.5 Å². The summed E-state index contributed by atoms with van der Waals surface area (Å²) in [6, 6.07) is 10.5. The first-order chi connectivity index (χ1) is 10.5. The Labute approximate surface area is 124 Å². The molecule has 0 unspecified atom stereocenters. The fourth-order valence-corrected chi connectivity index (χ4v) is 1.52. The highest BCUT2D eigenvalue weighted by atomic mass is 19.1. The summed E-state index contributed by atoms with van der Waals surface area (Å²) in [6.45, 7) is 0. The fraction of sp³-hybridized carbons (Fsp3) is 0. The largest absolute Gasteiger partial charge is 0.329 e. The maximum Gasteiger partial charge on any atom is 0.329 e. The van der Waals surface area contributed by atoms with Crippen molar-refractivity contribution in [3.05, 3.63) is 65.7 Å². The molecule has 0 aliphatic rings. The monoisotopic (exact) mass is 303 g/mol. The highest BCUT2D eigenvalue weighted by Crippen LogP contribution is 2.07. The lowest BCUT2D eigenvalue weighted by Gasteiger charge is -2.03. The Hall–Kier alpha value is -3.09. The molecule has 0 heterocycles. The minimum absolute atomic E-state index is 0.274. The van der Waals surface area contributed by atoms with Gasteiger partial charge < -0.3 is 5.32 Å². The first-order valence-electron chi connectivity index (χ1n) is 6.20. The van der Waals surface area contributed by atoms with E-state index in [0.29, 0.717) is 5.56 Å². The van der Waals surface area contributed by atoms with Gasteiger partial charge in [0.2, 0.25) is 0 Å². The summed E-state index contributed by atoms with van der Waals surface area (Å²) < 4.78 is 25.6. The number of nitrogens with zero attached hydrogens (tertiary/aromatic N) is 1. The molecule has 0 fully saturated rings. The van der Waals surface area contributed by atoms with Crippen molar-refractivity contribution in [1.82, 2.24) is 5.43 Å². The summed E-state index contributed by atoms with van der Waals surface area (Å²) in [5, 5.41) is 5.82. The molecule has 0 bridgehead atoms. The van der Waals surface area contributed by atoms with Gasteiger partial charge in [-0.3, -0.25) is 9.59 Å². The maximum absolute atomic E-state index is 12.9. The van der Waals surface area contributed by atoms with Crippen LogP contribution in [0.15, 0.2) is 53.6 Å². The molecular formula is C15H11F2N3O2. The molecule has 2 N–H and O–H groups in total. The molecule has 0 aliphatic heterocycles. The van der Waals surface area contributed by atoms with E-state index >= 15 is 0 Å². The third-order valence-corrected chi connectivity index (χ3v) is 2.54. The van der Waals surface area contributed by atoms with Gasteiger partial charge in [-0.15, -0.1) is 0 Å². The van der Waals surface area contributed by atoms with Crippen LogP contribution in [0.4, 0.5) is 14.5 Å². The number of carbonyl (C=O) groups is 2. The van der Waals surface area contributed by atoms with Crippen LogP contribution in [0.3, 0.4) is 0 Å². The van der Waals surface area contributed by atoms with Crippen LogP contribution in [0.2, 0.25) is 0 Å². The van der Waals surface area contributed by atoms with Crippen molar-refractivity contribution >= 4 is 23.7 Å². The van der Waals surface area contributed by atoms with Gasteiger partial charge in [0.05, 0.1) is 6.21 Å². The molecule has 112 valence electrons. The fourth-order valence-electron chi connectivity index (χ4n) is 1.52. The lowest BCUT2D eigenvalue weighted by Crippen LogP contribution is -2.32. The molecule has 0 spiro atoms. The predicted octanol–water partition coefficient (Wildman–Crippen LogP) is 2.05. The Morgan fingerprint density at radius 2 is 1.68 bits per heavy atom. The van der Waals surface area contributed by atoms with E-state index in [1.807, 2.05) is 5.43 Å². The summed E-state index contributed by atoms with van der Waals surface area (Å²) in [4.78, 5) is 23.0. The van der Waals surface area contributed by atoms with Crippen LogP contribution in [-0.4, -0.2) is 18.0 Å². The minimum atomic E-state index is -1.00. The van der Waals surface area contributed by atoms with Crippen molar-refractivity contribution in [3.8, 4) is 0 Å². The molecule has 0 saturated carbocycles. The molecule has 5 nitrogen and oxygen atoms in total. The highest BCUT2D eigenvalue weighted by Gasteiger charge is 2.12. The van der Waals surface area contributed by atoms with Crippen molar-refractivity contribution in [2.75, 3.05) is 5.32 Å². The summed E-state index contributed by atoms with van der Waals surface area (Å²) in [6.07, 6.45) is 1.20. The number of halogens is 2. The standard InChI is InChI=1S/C15H11F2N3O2/c16-11-4-6-13(7-5-11)19-14(21)15(22)20-18-9-10-2-1-3-12(17)8-10/h1-9H,(H,19,21)(H,20,22). The molecule has 2 aromatic carbocycles. The molecule has 0 aromatic heterocycles. The predicted molar refractivity (Wildman–Crippen MR) is 77.2 cm³/mol. The zero-order valence-corrected chi connectivity index (χ0v) is 11.2. The SMILES string of the molecule is O=C(NN=Cc1cccc(F)c1)C(=O)Nc1ccc(F)cc1. The topological polar surface area (TPSA) is 70.6 Å². The summed E-state index contributed by atoms with van der Waals surface area (Å²) in [5.41, 5.74) is 2.71. The zero-order valence-electron chi connectivity index (χ0n) is 11.2. The number of hydrogen-bond acceptors (Lipinski definition) is 3. The van der Waals surface area contributed by atoms with Crippen molar-refractivity contribution in [2.24, 2.45) is 5.10 Å². The third kappa shape index (κ3) is 4.48. The number of nitrogens with one attached hydrogen (secondary N) is 2. The van der Waals surface area contributed by atoms with Crippen LogP contribution < -0.4 is 10.7 Å². The molecule has 7 heteroatoms. The van der Waals surface area contributed by atoms with E-state index in [9.17, 15) is 18.4 Å². The number of amides is 2. The van der Waals surface area contributed by atoms with Gasteiger partial charge in [-0.2, -0.15) is 5.10 Å². The van der Waals surface area contributed by atoms with Gasteiger partial charge >= 0.3 is 11.8 Å². The smallest absolute Gasteiger partial charge is 0.318 e. The Kier molecular flexibility index (Phi) is 4.92. The second kappa shape index (κ2) is 7.07.